The van der Waals surface area contributed by atoms with E-state index in [1.807, 2.05) is 24.3 Å². The van der Waals surface area contributed by atoms with Gasteiger partial charge in [-0.15, -0.1) is 0 Å². The minimum atomic E-state index is -0.154. The van der Waals surface area contributed by atoms with Crippen LogP contribution in [0.15, 0.2) is 53.5 Å². The Labute approximate surface area is 187 Å². The maximum atomic E-state index is 5.70. The summed E-state index contributed by atoms with van der Waals surface area (Å²) in [5.74, 6) is 2.60. The van der Waals surface area contributed by atoms with E-state index in [1.165, 1.54) is 0 Å². The molecule has 0 amide bonds. The number of aliphatic imine (C=N–C) groups is 1. The van der Waals surface area contributed by atoms with E-state index in [1.54, 1.807) is 7.11 Å². The highest BCUT2D eigenvalue weighted by Gasteiger charge is 2.38. The first-order valence-electron chi connectivity index (χ1n) is 11.1. The fourth-order valence-electron chi connectivity index (χ4n) is 4.82. The normalized spacial score (nSPS) is 22.2. The van der Waals surface area contributed by atoms with Crippen molar-refractivity contribution in [2.45, 2.75) is 6.17 Å². The molecule has 2 aromatic carbocycles. The number of ether oxygens (including phenoxy) is 1. The van der Waals surface area contributed by atoms with Crippen molar-refractivity contribution < 1.29 is 4.74 Å². The number of likely N-dealkylation sites (N-methyl/N-ethyl adjacent to an activating group) is 1. The van der Waals surface area contributed by atoms with Crippen LogP contribution in [-0.2, 0) is 0 Å². The lowest BCUT2D eigenvalue weighted by molar-refractivity contribution is -0.0528. The van der Waals surface area contributed by atoms with E-state index in [2.05, 4.69) is 61.0 Å². The average Bonchev–Trinajstić information content (AvgIpc) is 3.24. The number of benzene rings is 2. The third kappa shape index (κ3) is 3.12. The molecule has 0 bridgehead atoms. The second-order valence-electron chi connectivity index (χ2n) is 8.52. The zero-order valence-electron chi connectivity index (χ0n) is 18.5. The molecule has 1 saturated heterocycles. The summed E-state index contributed by atoms with van der Waals surface area (Å²) in [4.78, 5) is 14.5. The first-order chi connectivity index (χ1) is 15.7. The fourth-order valence-corrected chi connectivity index (χ4v) is 4.82. The van der Waals surface area contributed by atoms with Crippen LogP contribution in [0.2, 0.25) is 0 Å². The number of fused-ring (bicyclic) bond motifs is 5. The van der Waals surface area contributed by atoms with Crippen molar-refractivity contribution in [3.05, 3.63) is 54.1 Å². The van der Waals surface area contributed by atoms with Crippen LogP contribution in [0, 0.1) is 0 Å². The molecule has 9 nitrogen and oxygen atoms in total. The van der Waals surface area contributed by atoms with Crippen LogP contribution in [0.4, 0.5) is 5.95 Å². The summed E-state index contributed by atoms with van der Waals surface area (Å²) in [5.41, 5.74) is 3.12. The summed E-state index contributed by atoms with van der Waals surface area (Å²) in [6.07, 6.45) is -0.154. The minimum absolute atomic E-state index is 0.154. The first kappa shape index (κ1) is 19.5. The van der Waals surface area contributed by atoms with E-state index in [-0.39, 0.29) is 6.17 Å². The van der Waals surface area contributed by atoms with Crippen molar-refractivity contribution >= 4 is 22.9 Å². The number of hydrogen-bond acceptors (Lipinski definition) is 8. The second kappa shape index (κ2) is 7.77. The molecule has 1 aromatic heterocycles. The zero-order valence-corrected chi connectivity index (χ0v) is 18.5. The van der Waals surface area contributed by atoms with Gasteiger partial charge < -0.3 is 15.0 Å². The number of methoxy groups -OCH3 is 1. The lowest BCUT2D eigenvalue weighted by Crippen LogP contribution is -2.62. The molecule has 0 spiro atoms. The second-order valence-corrected chi connectivity index (χ2v) is 8.52. The number of para-hydroxylation sites is 3. The van der Waals surface area contributed by atoms with Crippen LogP contribution in [-0.4, -0.2) is 84.1 Å². The van der Waals surface area contributed by atoms with Crippen molar-refractivity contribution in [2.24, 2.45) is 4.99 Å². The smallest absolute Gasteiger partial charge is 0.216 e. The number of aromatic nitrogens is 2. The molecule has 0 unspecified atom stereocenters. The molecule has 1 fully saturated rings. The Balaban J connectivity index is 1.43. The Morgan fingerprint density at radius 2 is 1.75 bits per heavy atom. The van der Waals surface area contributed by atoms with E-state index in [9.17, 15) is 0 Å². The number of hydrogen-bond donors (Lipinski definition) is 1. The minimum Gasteiger partial charge on any atom is -0.496 e. The van der Waals surface area contributed by atoms with Crippen molar-refractivity contribution in [3.63, 3.8) is 0 Å². The standard InChI is InChI=1S/C23H28N8O/c1-27-11-13-28(14-12-27)29-15-24-22-26-21(17-7-3-6-10-20(17)32-2)31-19-9-5-4-8-18(19)25-23(31)30(22)16-29/h3-10,21H,11-16H2,1-2H3,(H,24,26)/t21-/m0/s1. The van der Waals surface area contributed by atoms with Gasteiger partial charge in [0.05, 0.1) is 24.8 Å². The molecule has 4 heterocycles. The van der Waals surface area contributed by atoms with Gasteiger partial charge in [0.2, 0.25) is 11.9 Å². The van der Waals surface area contributed by atoms with Gasteiger partial charge in [-0.3, -0.25) is 9.47 Å². The number of nitrogens with one attached hydrogen (secondary N) is 1. The van der Waals surface area contributed by atoms with Crippen LogP contribution in [0.3, 0.4) is 0 Å². The third-order valence-electron chi connectivity index (χ3n) is 6.60. The Morgan fingerprint density at radius 3 is 2.59 bits per heavy atom. The summed E-state index contributed by atoms with van der Waals surface area (Å²) in [6.45, 7) is 5.53. The molecule has 0 saturated carbocycles. The summed E-state index contributed by atoms with van der Waals surface area (Å²) in [5, 5.41) is 8.42. The fraction of sp³-hybridized carbons (Fsp3) is 0.391. The number of imidazole rings is 1. The summed E-state index contributed by atoms with van der Waals surface area (Å²) >= 11 is 0. The summed E-state index contributed by atoms with van der Waals surface area (Å²) in [6, 6.07) is 16.4. The highest BCUT2D eigenvalue weighted by molar-refractivity contribution is 5.99. The predicted octanol–water partition coefficient (Wildman–Crippen LogP) is 1.75. The molecule has 9 heteroatoms. The van der Waals surface area contributed by atoms with Crippen molar-refractivity contribution in [2.75, 3.05) is 58.6 Å². The molecule has 1 atom stereocenters. The van der Waals surface area contributed by atoms with Gasteiger partial charge in [-0.05, 0) is 25.2 Å². The molecule has 0 radical (unpaired) electrons. The topological polar surface area (TPSA) is 64.4 Å². The number of anilines is 1. The Kier molecular flexibility index (Phi) is 4.74. The quantitative estimate of drug-likeness (QED) is 0.677. The van der Waals surface area contributed by atoms with Gasteiger partial charge in [-0.2, -0.15) is 0 Å². The van der Waals surface area contributed by atoms with Gasteiger partial charge in [-0.1, -0.05) is 30.3 Å². The van der Waals surface area contributed by atoms with Crippen LogP contribution >= 0.6 is 0 Å². The SMILES string of the molecule is COc1ccccc1[C@H]1NC2=NCN(N3CCN(C)CC3)CN2c2nc3ccccc3n21. The number of guanidine groups is 1. The first-order valence-corrected chi connectivity index (χ1v) is 11.1. The van der Waals surface area contributed by atoms with Gasteiger partial charge in [0.25, 0.3) is 0 Å². The molecule has 3 aromatic rings. The van der Waals surface area contributed by atoms with Gasteiger partial charge in [-0.25, -0.2) is 20.0 Å². The largest absolute Gasteiger partial charge is 0.496 e. The average molecular weight is 433 g/mol. The van der Waals surface area contributed by atoms with Gasteiger partial charge in [0.1, 0.15) is 18.6 Å². The van der Waals surface area contributed by atoms with Crippen molar-refractivity contribution in [1.82, 2.24) is 29.8 Å². The molecule has 0 aliphatic carbocycles. The van der Waals surface area contributed by atoms with E-state index < -0.39 is 0 Å². The summed E-state index contributed by atoms with van der Waals surface area (Å²) < 4.78 is 7.96. The van der Waals surface area contributed by atoms with Crippen molar-refractivity contribution in [3.8, 4) is 5.75 Å². The van der Waals surface area contributed by atoms with Crippen LogP contribution in [0.1, 0.15) is 11.7 Å². The molecule has 166 valence electrons. The number of hydrazine groups is 1. The van der Waals surface area contributed by atoms with Crippen LogP contribution in [0.5, 0.6) is 5.75 Å². The van der Waals surface area contributed by atoms with E-state index in [4.69, 9.17) is 14.7 Å². The van der Waals surface area contributed by atoms with Crippen molar-refractivity contribution in [1.29, 1.82) is 0 Å². The number of rotatable bonds is 3. The van der Waals surface area contributed by atoms with Crippen LogP contribution in [0.25, 0.3) is 11.0 Å². The van der Waals surface area contributed by atoms with Gasteiger partial charge in [0.15, 0.2) is 0 Å². The zero-order chi connectivity index (χ0) is 21.7. The lowest BCUT2D eigenvalue weighted by Gasteiger charge is -2.46. The molecule has 3 aliphatic rings. The van der Waals surface area contributed by atoms with E-state index >= 15 is 0 Å². The number of piperazine rings is 1. The monoisotopic (exact) mass is 432 g/mol. The molecule has 32 heavy (non-hydrogen) atoms. The Hall–Kier alpha value is -3.14. The molecular formula is C23H28N8O. The molecule has 3 aliphatic heterocycles. The lowest BCUT2D eigenvalue weighted by atomic mass is 10.1. The predicted molar refractivity (Wildman–Crippen MR) is 125 cm³/mol. The molecule has 1 N–H and O–H groups in total. The Morgan fingerprint density at radius 1 is 0.969 bits per heavy atom. The third-order valence-corrected chi connectivity index (χ3v) is 6.60. The van der Waals surface area contributed by atoms with E-state index in [0.717, 1.165) is 67.1 Å². The van der Waals surface area contributed by atoms with Gasteiger partial charge in [0, 0.05) is 31.7 Å². The number of nitrogens with zero attached hydrogens (tertiary/aromatic N) is 7. The van der Waals surface area contributed by atoms with Gasteiger partial charge >= 0.3 is 0 Å². The Bertz CT molecular complexity index is 1170. The van der Waals surface area contributed by atoms with Crippen LogP contribution < -0.4 is 15.0 Å². The maximum absolute atomic E-state index is 5.70. The summed E-state index contributed by atoms with van der Waals surface area (Å²) in [7, 11) is 3.89. The van der Waals surface area contributed by atoms with E-state index in [0.29, 0.717) is 6.67 Å². The molecular weight excluding hydrogens is 404 g/mol. The molecule has 6 rings (SSSR count). The highest BCUT2D eigenvalue weighted by atomic mass is 16.5. The maximum Gasteiger partial charge on any atom is 0.216 e. The highest BCUT2D eigenvalue weighted by Crippen LogP contribution is 2.36.